The molecule has 0 unspecified atom stereocenters. The largest absolute Gasteiger partial charge is 0.368 e. The first-order valence-corrected chi connectivity index (χ1v) is 9.54. The van der Waals surface area contributed by atoms with Gasteiger partial charge in [0, 0.05) is 44.3 Å². The summed E-state index contributed by atoms with van der Waals surface area (Å²) in [7, 11) is 1.59. The third kappa shape index (κ3) is 3.05. The summed E-state index contributed by atoms with van der Waals surface area (Å²) < 4.78 is 1.25. The molecule has 0 aliphatic carbocycles. The zero-order chi connectivity index (χ0) is 19.8. The number of carbonyl (C=O) groups excluding carboxylic acids is 1. The van der Waals surface area contributed by atoms with Gasteiger partial charge in [0.2, 0.25) is 0 Å². The lowest BCUT2D eigenvalue weighted by Crippen LogP contribution is -2.49. The summed E-state index contributed by atoms with van der Waals surface area (Å²) in [5, 5.41) is 5.42. The average Bonchev–Trinajstić information content (AvgIpc) is 2.72. The number of benzene rings is 2. The van der Waals surface area contributed by atoms with Crippen LogP contribution >= 0.6 is 0 Å². The Morgan fingerprint density at radius 3 is 2.32 bits per heavy atom. The molecule has 3 aromatic rings. The molecule has 0 saturated carbocycles. The van der Waals surface area contributed by atoms with Gasteiger partial charge in [-0.05, 0) is 37.1 Å². The number of anilines is 1. The lowest BCUT2D eigenvalue weighted by molar-refractivity contribution is 0.0740. The number of carbonyl (C=O) groups is 1. The van der Waals surface area contributed by atoms with Gasteiger partial charge < -0.3 is 9.80 Å². The Balaban J connectivity index is 1.58. The molecule has 6 nitrogen and oxygen atoms in total. The van der Waals surface area contributed by atoms with Crippen LogP contribution in [-0.4, -0.2) is 46.8 Å². The van der Waals surface area contributed by atoms with Gasteiger partial charge in [-0.25, -0.2) is 4.68 Å². The van der Waals surface area contributed by atoms with E-state index in [0.29, 0.717) is 29.6 Å². The van der Waals surface area contributed by atoms with Crippen LogP contribution in [0.3, 0.4) is 0 Å². The summed E-state index contributed by atoms with van der Waals surface area (Å²) in [5.74, 6) is -0.118. The zero-order valence-electron chi connectivity index (χ0n) is 16.5. The van der Waals surface area contributed by atoms with E-state index in [2.05, 4.69) is 42.0 Å². The Morgan fingerprint density at radius 2 is 1.61 bits per heavy atom. The smallest absolute Gasteiger partial charge is 0.275 e. The fourth-order valence-electron chi connectivity index (χ4n) is 3.84. The van der Waals surface area contributed by atoms with Crippen molar-refractivity contribution in [3.05, 3.63) is 69.6 Å². The Labute approximate surface area is 164 Å². The molecule has 28 heavy (non-hydrogen) atoms. The van der Waals surface area contributed by atoms with Crippen LogP contribution in [0.25, 0.3) is 10.8 Å². The van der Waals surface area contributed by atoms with Gasteiger partial charge in [0.15, 0.2) is 5.69 Å². The summed E-state index contributed by atoms with van der Waals surface area (Å²) in [5.41, 5.74) is 3.95. The Morgan fingerprint density at radius 1 is 0.929 bits per heavy atom. The first kappa shape index (κ1) is 18.2. The minimum absolute atomic E-state index is 0.118. The third-order valence-electron chi connectivity index (χ3n) is 5.64. The molecule has 144 valence electrons. The summed E-state index contributed by atoms with van der Waals surface area (Å²) in [6.45, 7) is 7.08. The fraction of sp³-hybridized carbons (Fsp3) is 0.318. The summed E-state index contributed by atoms with van der Waals surface area (Å²) >= 11 is 0. The molecule has 0 N–H and O–H groups in total. The standard InChI is InChI=1S/C22H24N4O2/c1-15-7-6-10-19(16(15)2)25-11-13-26(14-12-25)22(28)20-17-8-4-5-9-18(17)21(27)24(3)23-20/h4-10H,11-14H2,1-3H3. The molecule has 1 saturated heterocycles. The van der Waals surface area contributed by atoms with Gasteiger partial charge in [0.1, 0.15) is 0 Å². The fourth-order valence-corrected chi connectivity index (χ4v) is 3.84. The Bertz CT molecular complexity index is 1110. The van der Waals surface area contributed by atoms with Crippen LogP contribution in [0.15, 0.2) is 47.3 Å². The van der Waals surface area contributed by atoms with Crippen molar-refractivity contribution in [2.75, 3.05) is 31.1 Å². The van der Waals surface area contributed by atoms with Crippen LogP contribution in [0.5, 0.6) is 0 Å². The van der Waals surface area contributed by atoms with E-state index in [-0.39, 0.29) is 11.5 Å². The van der Waals surface area contributed by atoms with Crippen LogP contribution in [0.2, 0.25) is 0 Å². The van der Waals surface area contributed by atoms with Gasteiger partial charge in [-0.1, -0.05) is 30.3 Å². The van der Waals surface area contributed by atoms with Crippen molar-refractivity contribution in [2.45, 2.75) is 13.8 Å². The molecule has 0 atom stereocenters. The molecule has 0 bridgehead atoms. The number of hydrogen-bond acceptors (Lipinski definition) is 4. The maximum atomic E-state index is 13.2. The van der Waals surface area contributed by atoms with Crippen LogP contribution < -0.4 is 10.5 Å². The van der Waals surface area contributed by atoms with Crippen molar-refractivity contribution in [3.63, 3.8) is 0 Å². The predicted molar refractivity (Wildman–Crippen MR) is 111 cm³/mol. The third-order valence-corrected chi connectivity index (χ3v) is 5.64. The van der Waals surface area contributed by atoms with Crippen LogP contribution in [-0.2, 0) is 7.05 Å². The predicted octanol–water partition coefficient (Wildman–Crippen LogP) is 2.51. The first-order valence-electron chi connectivity index (χ1n) is 9.54. The highest BCUT2D eigenvalue weighted by molar-refractivity contribution is 6.04. The summed E-state index contributed by atoms with van der Waals surface area (Å²) in [6.07, 6.45) is 0. The van der Waals surface area contributed by atoms with Crippen molar-refractivity contribution in [2.24, 2.45) is 7.05 Å². The molecule has 6 heteroatoms. The van der Waals surface area contributed by atoms with Gasteiger partial charge >= 0.3 is 0 Å². The highest BCUT2D eigenvalue weighted by Crippen LogP contribution is 2.24. The topological polar surface area (TPSA) is 58.4 Å². The minimum Gasteiger partial charge on any atom is -0.368 e. The molecule has 2 aromatic carbocycles. The molecule has 0 radical (unpaired) electrons. The Hall–Kier alpha value is -3.15. The molecule has 4 rings (SSSR count). The van der Waals surface area contributed by atoms with Crippen LogP contribution in [0.1, 0.15) is 21.6 Å². The number of hydrogen-bond donors (Lipinski definition) is 0. The number of aryl methyl sites for hydroxylation is 2. The van der Waals surface area contributed by atoms with E-state index in [1.807, 2.05) is 11.0 Å². The second-order valence-corrected chi connectivity index (χ2v) is 7.32. The van der Waals surface area contributed by atoms with Gasteiger partial charge in [0.25, 0.3) is 11.5 Å². The van der Waals surface area contributed by atoms with Crippen LogP contribution in [0, 0.1) is 13.8 Å². The number of fused-ring (bicyclic) bond motifs is 1. The van der Waals surface area contributed by atoms with Crippen molar-refractivity contribution >= 4 is 22.4 Å². The van der Waals surface area contributed by atoms with E-state index in [4.69, 9.17) is 0 Å². The van der Waals surface area contributed by atoms with E-state index in [1.54, 1.807) is 25.2 Å². The van der Waals surface area contributed by atoms with Crippen molar-refractivity contribution < 1.29 is 4.79 Å². The first-order chi connectivity index (χ1) is 13.5. The lowest BCUT2D eigenvalue weighted by Gasteiger charge is -2.37. The molecule has 1 aromatic heterocycles. The molecule has 0 spiro atoms. The van der Waals surface area contributed by atoms with Crippen molar-refractivity contribution in [1.29, 1.82) is 0 Å². The molecule has 1 amide bonds. The lowest BCUT2D eigenvalue weighted by atomic mass is 10.1. The molecule has 1 aliphatic heterocycles. The van der Waals surface area contributed by atoms with Crippen LogP contribution in [0.4, 0.5) is 5.69 Å². The number of aromatic nitrogens is 2. The van der Waals surface area contributed by atoms with E-state index in [9.17, 15) is 9.59 Å². The second kappa shape index (κ2) is 7.11. The highest BCUT2D eigenvalue weighted by Gasteiger charge is 2.26. The molecular formula is C22H24N4O2. The van der Waals surface area contributed by atoms with E-state index < -0.39 is 0 Å². The highest BCUT2D eigenvalue weighted by atomic mass is 16.2. The maximum Gasteiger partial charge on any atom is 0.275 e. The number of nitrogens with zero attached hydrogens (tertiary/aromatic N) is 4. The molecule has 1 aliphatic rings. The second-order valence-electron chi connectivity index (χ2n) is 7.32. The molecule has 1 fully saturated rings. The van der Waals surface area contributed by atoms with E-state index in [1.165, 1.54) is 21.5 Å². The van der Waals surface area contributed by atoms with E-state index in [0.717, 1.165) is 13.1 Å². The molecular weight excluding hydrogens is 352 g/mol. The van der Waals surface area contributed by atoms with Crippen molar-refractivity contribution in [1.82, 2.24) is 14.7 Å². The van der Waals surface area contributed by atoms with Crippen molar-refractivity contribution in [3.8, 4) is 0 Å². The SMILES string of the molecule is Cc1cccc(N2CCN(C(=O)c3nn(C)c(=O)c4ccccc34)CC2)c1C. The van der Waals surface area contributed by atoms with Gasteiger partial charge in [0.05, 0.1) is 5.39 Å². The Kier molecular flexibility index (Phi) is 4.63. The minimum atomic E-state index is -0.188. The normalized spacial score (nSPS) is 14.5. The maximum absolute atomic E-state index is 13.2. The number of amides is 1. The number of rotatable bonds is 2. The van der Waals surface area contributed by atoms with Gasteiger partial charge in [-0.2, -0.15) is 5.10 Å². The molecule has 2 heterocycles. The quantitative estimate of drug-likeness (QED) is 0.690. The zero-order valence-corrected chi connectivity index (χ0v) is 16.5. The van der Waals surface area contributed by atoms with E-state index >= 15 is 0 Å². The van der Waals surface area contributed by atoms with Gasteiger partial charge in [-0.15, -0.1) is 0 Å². The average molecular weight is 376 g/mol. The van der Waals surface area contributed by atoms with Gasteiger partial charge in [-0.3, -0.25) is 9.59 Å². The summed E-state index contributed by atoms with van der Waals surface area (Å²) in [4.78, 5) is 29.6. The number of piperazine rings is 1. The monoisotopic (exact) mass is 376 g/mol. The summed E-state index contributed by atoms with van der Waals surface area (Å²) in [6, 6.07) is 13.5.